The molecule has 11 nitrogen and oxygen atoms in total. The minimum absolute atomic E-state index is 0.0319. The zero-order chi connectivity index (χ0) is 30.9. The lowest BCUT2D eigenvalue weighted by Gasteiger charge is -2.33. The number of aromatic carboxylic acids is 1. The average Bonchev–Trinajstić information content (AvgIpc) is 3.38. The van der Waals surface area contributed by atoms with Crippen LogP contribution in [0.3, 0.4) is 0 Å². The van der Waals surface area contributed by atoms with Gasteiger partial charge >= 0.3 is 17.9 Å². The molecule has 1 aliphatic heterocycles. The van der Waals surface area contributed by atoms with Gasteiger partial charge in [0.15, 0.2) is 11.8 Å². The van der Waals surface area contributed by atoms with Crippen LogP contribution in [0, 0.1) is 11.8 Å². The second-order valence-electron chi connectivity index (χ2n) is 12.2. The number of nitrogens with zero attached hydrogens (tertiary/aromatic N) is 2. The summed E-state index contributed by atoms with van der Waals surface area (Å²) in [5.41, 5.74) is -0.763. The Morgan fingerprint density at radius 3 is 2.41 bits per heavy atom. The molecule has 0 radical (unpaired) electrons. The van der Waals surface area contributed by atoms with Crippen LogP contribution in [0.5, 0.6) is 0 Å². The van der Waals surface area contributed by atoms with Gasteiger partial charge in [-0.05, 0) is 59.0 Å². The molecule has 5 atom stereocenters. The Morgan fingerprint density at radius 1 is 1.20 bits per heavy atom. The second-order valence-corrected chi connectivity index (χ2v) is 13.1. The molecule has 2 heterocycles. The highest BCUT2D eigenvalue weighted by Gasteiger charge is 2.35. The quantitative estimate of drug-likeness (QED) is 0.271. The highest BCUT2D eigenvalue weighted by molar-refractivity contribution is 7.09. The standard InChI is InChI=1S/C29H48N4O7S/c1-9-18(4)24(32-25(35)21-12-10-11-13-33(21)8)28(38)39-22(26-31-20(16-41-26)27(36)37)14-19(17(2)3)30-15-23(34)40-29(5,6)7/h16-19,21-22,24,30H,9-15H2,1-8H3,(H,32,35)(H,36,37). The minimum atomic E-state index is -1.18. The molecular formula is C29H48N4O7S. The van der Waals surface area contributed by atoms with E-state index in [1.165, 1.54) is 5.38 Å². The number of ether oxygens (including phenoxy) is 2. The Hall–Kier alpha value is -2.57. The first kappa shape index (κ1) is 34.6. The van der Waals surface area contributed by atoms with Crippen LogP contribution in [0.1, 0.15) is 102 Å². The number of carboxylic acids is 1. The van der Waals surface area contributed by atoms with Gasteiger partial charge < -0.3 is 25.2 Å². The lowest BCUT2D eigenvalue weighted by Crippen LogP contribution is -2.54. The van der Waals surface area contributed by atoms with E-state index in [-0.39, 0.29) is 48.5 Å². The molecule has 1 aromatic heterocycles. The number of nitrogens with one attached hydrogen (secondary N) is 2. The van der Waals surface area contributed by atoms with E-state index in [9.17, 15) is 24.3 Å². The van der Waals surface area contributed by atoms with Gasteiger partial charge in [0.05, 0.1) is 12.6 Å². The zero-order valence-electron chi connectivity index (χ0n) is 25.7. The van der Waals surface area contributed by atoms with Gasteiger partial charge in [-0.25, -0.2) is 14.6 Å². The molecule has 1 amide bonds. The maximum atomic E-state index is 13.7. The summed E-state index contributed by atoms with van der Waals surface area (Å²) in [6.07, 6.45) is 2.70. The highest BCUT2D eigenvalue weighted by atomic mass is 32.1. The summed E-state index contributed by atoms with van der Waals surface area (Å²) in [6.45, 7) is 13.9. The number of likely N-dealkylation sites (tertiary alicyclic amines) is 1. The van der Waals surface area contributed by atoms with E-state index in [2.05, 4.69) is 15.6 Å². The largest absolute Gasteiger partial charge is 0.476 e. The van der Waals surface area contributed by atoms with Gasteiger partial charge in [0.2, 0.25) is 5.91 Å². The van der Waals surface area contributed by atoms with Crippen molar-refractivity contribution in [3.8, 4) is 0 Å². The molecule has 0 spiro atoms. The first-order valence-electron chi connectivity index (χ1n) is 14.5. The fourth-order valence-corrected chi connectivity index (χ4v) is 5.52. The lowest BCUT2D eigenvalue weighted by atomic mass is 9.96. The van der Waals surface area contributed by atoms with Gasteiger partial charge in [0.25, 0.3) is 0 Å². The molecule has 12 heteroatoms. The first-order chi connectivity index (χ1) is 19.1. The summed E-state index contributed by atoms with van der Waals surface area (Å²) in [6, 6.07) is -1.47. The topological polar surface area (TPSA) is 147 Å². The smallest absolute Gasteiger partial charge is 0.355 e. The number of carbonyl (C=O) groups is 4. The average molecular weight is 597 g/mol. The van der Waals surface area contributed by atoms with Gasteiger partial charge in [0.1, 0.15) is 16.7 Å². The van der Waals surface area contributed by atoms with Crippen LogP contribution in [0.15, 0.2) is 5.38 Å². The van der Waals surface area contributed by atoms with Crippen LogP contribution in [0.4, 0.5) is 0 Å². The minimum Gasteiger partial charge on any atom is -0.476 e. The van der Waals surface area contributed by atoms with E-state index in [0.717, 1.165) is 37.1 Å². The molecule has 1 aromatic rings. The van der Waals surface area contributed by atoms with E-state index in [4.69, 9.17) is 9.47 Å². The summed E-state index contributed by atoms with van der Waals surface area (Å²) in [5.74, 6) is -2.55. The van der Waals surface area contributed by atoms with Crippen molar-refractivity contribution in [1.29, 1.82) is 0 Å². The first-order valence-corrected chi connectivity index (χ1v) is 15.4. The number of esters is 2. The normalized spacial score (nSPS) is 19.2. The van der Waals surface area contributed by atoms with Crippen LogP contribution >= 0.6 is 11.3 Å². The second kappa shape index (κ2) is 15.6. The van der Waals surface area contributed by atoms with Gasteiger partial charge in [-0.1, -0.05) is 40.5 Å². The molecule has 2 rings (SSSR count). The molecular weight excluding hydrogens is 548 g/mol. The van der Waals surface area contributed by atoms with Crippen molar-refractivity contribution in [3.05, 3.63) is 16.1 Å². The maximum Gasteiger partial charge on any atom is 0.355 e. The van der Waals surface area contributed by atoms with Crippen LogP contribution in [-0.4, -0.2) is 82.7 Å². The van der Waals surface area contributed by atoms with E-state index >= 15 is 0 Å². The van der Waals surface area contributed by atoms with Crippen LogP contribution in [-0.2, 0) is 23.9 Å². The number of hydrogen-bond acceptors (Lipinski definition) is 10. The number of carbonyl (C=O) groups excluding carboxylic acids is 3. The van der Waals surface area contributed by atoms with Crippen LogP contribution in [0.25, 0.3) is 0 Å². The van der Waals surface area contributed by atoms with Gasteiger partial charge in [-0.2, -0.15) is 0 Å². The SMILES string of the molecule is CCC(C)C(NC(=O)C1CCCCN1C)C(=O)OC(CC(NCC(=O)OC(C)(C)C)C(C)C)c1nc(C(=O)O)cs1. The molecule has 0 bridgehead atoms. The summed E-state index contributed by atoms with van der Waals surface area (Å²) in [7, 11) is 1.91. The van der Waals surface area contributed by atoms with Crippen molar-refractivity contribution in [2.75, 3.05) is 20.1 Å². The predicted molar refractivity (Wildman–Crippen MR) is 157 cm³/mol. The summed E-state index contributed by atoms with van der Waals surface area (Å²) in [4.78, 5) is 57.0. The molecule has 1 fully saturated rings. The van der Waals surface area contributed by atoms with Gasteiger partial charge in [0, 0.05) is 17.8 Å². The molecule has 41 heavy (non-hydrogen) atoms. The molecule has 1 saturated heterocycles. The summed E-state index contributed by atoms with van der Waals surface area (Å²) >= 11 is 1.09. The Morgan fingerprint density at radius 2 is 1.88 bits per heavy atom. The van der Waals surface area contributed by atoms with E-state index in [1.54, 1.807) is 20.8 Å². The predicted octanol–water partition coefficient (Wildman–Crippen LogP) is 3.79. The van der Waals surface area contributed by atoms with E-state index in [1.807, 2.05) is 39.6 Å². The third-order valence-electron chi connectivity index (χ3n) is 7.31. The third-order valence-corrected chi connectivity index (χ3v) is 8.25. The fraction of sp³-hybridized carbons (Fsp3) is 0.759. The van der Waals surface area contributed by atoms with Crippen LogP contribution in [0.2, 0.25) is 0 Å². The molecule has 232 valence electrons. The molecule has 3 N–H and O–H groups in total. The Kier molecular flexibility index (Phi) is 13.2. The number of amides is 1. The molecule has 0 aliphatic carbocycles. The van der Waals surface area contributed by atoms with Crippen molar-refractivity contribution < 1.29 is 33.8 Å². The summed E-state index contributed by atoms with van der Waals surface area (Å²) < 4.78 is 11.4. The van der Waals surface area contributed by atoms with Crippen molar-refractivity contribution >= 4 is 35.2 Å². The number of carboxylic acid groups (broad SMARTS) is 1. The molecule has 1 aliphatic rings. The number of aromatic nitrogens is 1. The molecule has 0 aromatic carbocycles. The van der Waals surface area contributed by atoms with Crippen molar-refractivity contribution in [3.63, 3.8) is 0 Å². The monoisotopic (exact) mass is 596 g/mol. The Balaban J connectivity index is 2.27. The fourth-order valence-electron chi connectivity index (χ4n) is 4.69. The van der Waals surface area contributed by atoms with Crippen LogP contribution < -0.4 is 10.6 Å². The number of likely N-dealkylation sites (N-methyl/N-ethyl adjacent to an activating group) is 1. The number of piperidine rings is 1. The maximum absolute atomic E-state index is 13.7. The number of rotatable bonds is 14. The molecule has 5 unspecified atom stereocenters. The van der Waals surface area contributed by atoms with Crippen molar-refractivity contribution in [2.24, 2.45) is 11.8 Å². The molecule has 0 saturated carbocycles. The van der Waals surface area contributed by atoms with Gasteiger partial charge in [-0.15, -0.1) is 11.3 Å². The number of thiazole rings is 1. The Bertz CT molecular complexity index is 1040. The van der Waals surface area contributed by atoms with E-state index < -0.39 is 35.7 Å². The summed E-state index contributed by atoms with van der Waals surface area (Å²) in [5, 5.41) is 17.3. The van der Waals surface area contributed by atoms with Crippen molar-refractivity contribution in [2.45, 2.75) is 110 Å². The van der Waals surface area contributed by atoms with Gasteiger partial charge in [-0.3, -0.25) is 14.5 Å². The lowest BCUT2D eigenvalue weighted by molar-refractivity contribution is -0.157. The van der Waals surface area contributed by atoms with E-state index in [0.29, 0.717) is 11.4 Å². The highest BCUT2D eigenvalue weighted by Crippen LogP contribution is 2.30. The Labute approximate surface area is 247 Å². The van der Waals surface area contributed by atoms with Crippen molar-refractivity contribution in [1.82, 2.24) is 20.5 Å². The zero-order valence-corrected chi connectivity index (χ0v) is 26.5. The third kappa shape index (κ3) is 11.0. The number of hydrogen-bond donors (Lipinski definition) is 3.